The number of para-hydroxylation sites is 1. The number of anilines is 1. The maximum Gasteiger partial charge on any atom is 0.263 e. The van der Waals surface area contributed by atoms with E-state index >= 15 is 0 Å². The number of halogens is 1. The molecule has 0 fully saturated rings. The molecule has 0 spiro atoms. The number of benzene rings is 2. The van der Waals surface area contributed by atoms with E-state index in [1.54, 1.807) is 6.92 Å². The number of nitrogens with zero attached hydrogens (tertiary/aromatic N) is 3. The quantitative estimate of drug-likeness (QED) is 0.286. The summed E-state index contributed by atoms with van der Waals surface area (Å²) in [5, 5.41) is 3.92. The zero-order chi connectivity index (χ0) is 23.1. The Kier molecular flexibility index (Phi) is 5.86. The van der Waals surface area contributed by atoms with Gasteiger partial charge in [-0.3, -0.25) is 14.2 Å². The molecule has 3 heterocycles. The summed E-state index contributed by atoms with van der Waals surface area (Å²) in [6.07, 6.45) is 2.26. The van der Waals surface area contributed by atoms with Gasteiger partial charge >= 0.3 is 0 Å². The minimum absolute atomic E-state index is 0.221. The molecule has 1 N–H and O–H groups in total. The molecule has 2 aromatic carbocycles. The smallest absolute Gasteiger partial charge is 0.263 e. The number of carbonyl (C=O) groups excluding carboxylic acids is 1. The van der Waals surface area contributed by atoms with Crippen LogP contribution in [0.3, 0.4) is 0 Å². The van der Waals surface area contributed by atoms with E-state index in [0.717, 1.165) is 37.1 Å². The van der Waals surface area contributed by atoms with Crippen LogP contribution >= 0.6 is 38.6 Å². The molecule has 1 amide bonds. The number of aromatic nitrogens is 3. The molecule has 9 heteroatoms. The summed E-state index contributed by atoms with van der Waals surface area (Å²) in [6, 6.07) is 14.9. The van der Waals surface area contributed by atoms with Gasteiger partial charge in [0.25, 0.3) is 5.56 Å². The van der Waals surface area contributed by atoms with Crippen LogP contribution in [0.4, 0.5) is 5.13 Å². The Hall–Kier alpha value is -2.88. The summed E-state index contributed by atoms with van der Waals surface area (Å²) in [7, 11) is 0. The molecule has 1 atom stereocenters. The lowest BCUT2D eigenvalue weighted by Gasteiger charge is -2.14. The van der Waals surface area contributed by atoms with E-state index in [1.165, 1.54) is 33.6 Å². The van der Waals surface area contributed by atoms with Crippen molar-refractivity contribution in [2.24, 2.45) is 0 Å². The summed E-state index contributed by atoms with van der Waals surface area (Å²) in [5.41, 5.74) is 2.47. The molecule has 166 valence electrons. The molecule has 5 aromatic rings. The van der Waals surface area contributed by atoms with Crippen molar-refractivity contribution in [3.63, 3.8) is 0 Å². The normalized spacial score (nSPS) is 12.3. The molecule has 0 aliphatic rings. The van der Waals surface area contributed by atoms with Crippen molar-refractivity contribution in [1.82, 2.24) is 14.5 Å². The highest BCUT2D eigenvalue weighted by Gasteiger charge is 2.23. The van der Waals surface area contributed by atoms with E-state index in [0.29, 0.717) is 15.3 Å². The zero-order valence-corrected chi connectivity index (χ0v) is 21.1. The van der Waals surface area contributed by atoms with E-state index in [4.69, 9.17) is 0 Å². The Morgan fingerprint density at radius 3 is 2.64 bits per heavy atom. The lowest BCUT2D eigenvalue weighted by Crippen LogP contribution is -2.31. The van der Waals surface area contributed by atoms with Gasteiger partial charge in [0.15, 0.2) is 5.13 Å². The van der Waals surface area contributed by atoms with Crippen molar-refractivity contribution >= 4 is 70.1 Å². The second kappa shape index (κ2) is 8.81. The molecular weight excluding hydrogens is 520 g/mol. The Morgan fingerprint density at radius 1 is 1.15 bits per heavy atom. The molecule has 33 heavy (non-hydrogen) atoms. The number of rotatable bonds is 5. The second-order valence-corrected chi connectivity index (χ2v) is 10.6. The fourth-order valence-electron chi connectivity index (χ4n) is 3.76. The van der Waals surface area contributed by atoms with Crippen LogP contribution in [0.1, 0.15) is 24.8 Å². The molecule has 1 unspecified atom stereocenters. The number of fused-ring (bicyclic) bond motifs is 2. The number of nitrogens with one attached hydrogen (secondary N) is 1. The third kappa shape index (κ3) is 4.01. The molecule has 0 aliphatic carbocycles. The number of amides is 1. The van der Waals surface area contributed by atoms with Gasteiger partial charge in [0.2, 0.25) is 5.91 Å². The molecule has 0 radical (unpaired) electrons. The fourth-order valence-corrected chi connectivity index (χ4v) is 5.98. The van der Waals surface area contributed by atoms with Gasteiger partial charge in [-0.05, 0) is 43.2 Å². The monoisotopic (exact) mass is 538 g/mol. The largest absolute Gasteiger partial charge is 0.300 e. The van der Waals surface area contributed by atoms with Crippen LogP contribution in [0.5, 0.6) is 0 Å². The van der Waals surface area contributed by atoms with Crippen molar-refractivity contribution in [2.75, 3.05) is 5.32 Å². The molecular formula is C24H19BrN4O2S2. The minimum Gasteiger partial charge on any atom is -0.300 e. The van der Waals surface area contributed by atoms with Crippen LogP contribution in [0.2, 0.25) is 0 Å². The van der Waals surface area contributed by atoms with Crippen LogP contribution in [0.15, 0.2) is 64.1 Å². The van der Waals surface area contributed by atoms with E-state index in [2.05, 4.69) is 38.1 Å². The summed E-state index contributed by atoms with van der Waals surface area (Å²) < 4.78 is 3.36. The van der Waals surface area contributed by atoms with Crippen LogP contribution in [-0.4, -0.2) is 20.4 Å². The Labute approximate surface area is 206 Å². The van der Waals surface area contributed by atoms with Crippen molar-refractivity contribution in [3.05, 3.63) is 74.6 Å². The van der Waals surface area contributed by atoms with Crippen molar-refractivity contribution < 1.29 is 4.79 Å². The first-order valence-electron chi connectivity index (χ1n) is 10.4. The van der Waals surface area contributed by atoms with E-state index in [1.807, 2.05) is 48.5 Å². The van der Waals surface area contributed by atoms with Crippen LogP contribution in [0.25, 0.3) is 31.6 Å². The molecule has 0 saturated heterocycles. The lowest BCUT2D eigenvalue weighted by molar-refractivity contribution is -0.118. The molecule has 0 aliphatic heterocycles. The topological polar surface area (TPSA) is 76.9 Å². The number of thiazole rings is 1. The predicted molar refractivity (Wildman–Crippen MR) is 139 cm³/mol. The second-order valence-electron chi connectivity index (χ2n) is 7.55. The van der Waals surface area contributed by atoms with Crippen LogP contribution in [0, 0.1) is 0 Å². The highest BCUT2D eigenvalue weighted by atomic mass is 79.9. The Bertz CT molecular complexity index is 1520. The van der Waals surface area contributed by atoms with Crippen LogP contribution in [-0.2, 0) is 11.2 Å². The van der Waals surface area contributed by atoms with Gasteiger partial charge in [-0.25, -0.2) is 9.97 Å². The first-order valence-corrected chi connectivity index (χ1v) is 12.8. The van der Waals surface area contributed by atoms with Gasteiger partial charge < -0.3 is 5.32 Å². The highest BCUT2D eigenvalue weighted by Crippen LogP contribution is 2.37. The van der Waals surface area contributed by atoms with Gasteiger partial charge in [0.05, 0.1) is 21.9 Å². The number of aryl methyl sites for hydroxylation is 1. The van der Waals surface area contributed by atoms with Crippen molar-refractivity contribution in [3.8, 4) is 11.1 Å². The minimum atomic E-state index is -0.746. The molecule has 3 aromatic heterocycles. The maximum absolute atomic E-state index is 13.6. The average Bonchev–Trinajstić information content (AvgIpc) is 3.40. The fraction of sp³-hybridized carbons (Fsp3) is 0.167. The Balaban J connectivity index is 1.54. The summed E-state index contributed by atoms with van der Waals surface area (Å²) >= 11 is 6.40. The maximum atomic E-state index is 13.6. The van der Waals surface area contributed by atoms with Crippen molar-refractivity contribution in [1.29, 1.82) is 0 Å². The summed E-state index contributed by atoms with van der Waals surface area (Å²) in [6.45, 7) is 3.77. The zero-order valence-electron chi connectivity index (χ0n) is 17.8. The van der Waals surface area contributed by atoms with Crippen molar-refractivity contribution in [2.45, 2.75) is 26.3 Å². The molecule has 6 nitrogen and oxygen atoms in total. The first-order chi connectivity index (χ1) is 16.0. The van der Waals surface area contributed by atoms with Gasteiger partial charge in [-0.1, -0.05) is 58.5 Å². The lowest BCUT2D eigenvalue weighted by atomic mass is 10.0. The number of thiophene rings is 1. The number of hydrogen-bond acceptors (Lipinski definition) is 6. The van der Waals surface area contributed by atoms with Gasteiger partial charge in [-0.15, -0.1) is 11.3 Å². The third-order valence-corrected chi connectivity index (χ3v) is 8.21. The molecule has 0 saturated carbocycles. The van der Waals surface area contributed by atoms with Gasteiger partial charge in [0, 0.05) is 14.9 Å². The van der Waals surface area contributed by atoms with E-state index < -0.39 is 6.04 Å². The average molecular weight is 539 g/mol. The van der Waals surface area contributed by atoms with Gasteiger partial charge in [-0.2, -0.15) is 0 Å². The molecule has 0 bridgehead atoms. The number of carbonyl (C=O) groups is 1. The third-order valence-electron chi connectivity index (χ3n) is 5.49. The predicted octanol–water partition coefficient (Wildman–Crippen LogP) is 6.26. The molecule has 5 rings (SSSR count). The Morgan fingerprint density at radius 2 is 1.91 bits per heavy atom. The van der Waals surface area contributed by atoms with E-state index in [-0.39, 0.29) is 11.5 Å². The summed E-state index contributed by atoms with van der Waals surface area (Å²) in [4.78, 5) is 37.4. The summed E-state index contributed by atoms with van der Waals surface area (Å²) in [5.74, 6) is -0.312. The van der Waals surface area contributed by atoms with Gasteiger partial charge in [0.1, 0.15) is 10.9 Å². The first kappa shape index (κ1) is 21.9. The standard InChI is InChI=1S/C24H19BrN4O2S2/c1-3-17-19(14-8-10-15(25)11-9-14)20-22(32-17)26-12-29(23(20)31)13(2)21(30)28-24-27-16-6-4-5-7-18(16)33-24/h4-13H,3H2,1-2H3,(H,27,28,30). The van der Waals surface area contributed by atoms with Crippen LogP contribution < -0.4 is 10.9 Å². The highest BCUT2D eigenvalue weighted by molar-refractivity contribution is 9.10. The van der Waals surface area contributed by atoms with E-state index in [9.17, 15) is 9.59 Å². The SMILES string of the molecule is CCc1sc2ncn(C(C)C(=O)Nc3nc4ccccc4s3)c(=O)c2c1-c1ccc(Br)cc1. The number of hydrogen-bond donors (Lipinski definition) is 1.